The lowest BCUT2D eigenvalue weighted by Crippen LogP contribution is -2.33. The molecular formula is C10H12ClN3O4S2. The minimum Gasteiger partial charge on any atom is -0.218 e. The van der Waals surface area contributed by atoms with Crippen molar-refractivity contribution in [3.05, 3.63) is 28.8 Å². The van der Waals surface area contributed by atoms with E-state index in [4.69, 9.17) is 16.9 Å². The van der Waals surface area contributed by atoms with Gasteiger partial charge in [0.2, 0.25) is 20.0 Å². The summed E-state index contributed by atoms with van der Waals surface area (Å²) in [4.78, 5) is -0.264. The molecule has 0 amide bonds. The summed E-state index contributed by atoms with van der Waals surface area (Å²) in [5.41, 5.74) is 0.137. The van der Waals surface area contributed by atoms with Crippen molar-refractivity contribution in [3.63, 3.8) is 0 Å². The van der Waals surface area contributed by atoms with Crippen LogP contribution in [0.1, 0.15) is 5.56 Å². The number of benzene rings is 1. The summed E-state index contributed by atoms with van der Waals surface area (Å²) in [6.45, 7) is -0.307. The number of nitrogens with zero attached hydrogens (tertiary/aromatic N) is 1. The fourth-order valence-electron chi connectivity index (χ4n) is 1.27. The number of hydrogen-bond donors (Lipinski definition) is 2. The van der Waals surface area contributed by atoms with Gasteiger partial charge in [0, 0.05) is 6.54 Å². The maximum absolute atomic E-state index is 12.0. The molecule has 0 atom stereocenters. The highest BCUT2D eigenvalue weighted by Crippen LogP contribution is 2.22. The van der Waals surface area contributed by atoms with E-state index in [0.717, 1.165) is 6.07 Å². The van der Waals surface area contributed by atoms with Gasteiger partial charge in [0.1, 0.15) is 4.90 Å². The van der Waals surface area contributed by atoms with E-state index in [1.165, 1.54) is 19.2 Å². The first-order valence-electron chi connectivity index (χ1n) is 5.32. The summed E-state index contributed by atoms with van der Waals surface area (Å²) in [5.74, 6) is -0.404. The molecule has 2 N–H and O–H groups in total. The van der Waals surface area contributed by atoms with E-state index in [9.17, 15) is 16.8 Å². The van der Waals surface area contributed by atoms with Gasteiger partial charge >= 0.3 is 0 Å². The van der Waals surface area contributed by atoms with E-state index in [0.29, 0.717) is 0 Å². The molecule has 0 aliphatic heterocycles. The van der Waals surface area contributed by atoms with Crippen LogP contribution in [0.2, 0.25) is 5.02 Å². The first kappa shape index (κ1) is 16.9. The maximum atomic E-state index is 12.0. The van der Waals surface area contributed by atoms with Gasteiger partial charge in [0.05, 0.1) is 22.4 Å². The van der Waals surface area contributed by atoms with Gasteiger partial charge in [0.15, 0.2) is 0 Å². The molecule has 110 valence electrons. The van der Waals surface area contributed by atoms with Crippen molar-refractivity contribution < 1.29 is 16.8 Å². The number of hydrogen-bond acceptors (Lipinski definition) is 5. The average molecular weight is 338 g/mol. The zero-order valence-corrected chi connectivity index (χ0v) is 12.8. The Hall–Kier alpha value is -1.18. The predicted molar refractivity (Wildman–Crippen MR) is 74.2 cm³/mol. The number of rotatable bonds is 6. The number of halogens is 1. The Morgan fingerprint density at radius 3 is 2.50 bits per heavy atom. The molecule has 0 unspecified atom stereocenters. The quantitative estimate of drug-likeness (QED) is 0.760. The van der Waals surface area contributed by atoms with Crippen LogP contribution in [0.15, 0.2) is 23.1 Å². The van der Waals surface area contributed by atoms with E-state index in [2.05, 4.69) is 9.44 Å². The SMILES string of the molecule is CNS(=O)(=O)CCNS(=O)(=O)c1cc(C#N)ccc1Cl. The summed E-state index contributed by atoms with van der Waals surface area (Å²) in [5, 5.41) is 8.69. The molecule has 0 radical (unpaired) electrons. The molecular weight excluding hydrogens is 326 g/mol. The van der Waals surface area contributed by atoms with Gasteiger partial charge in [0.25, 0.3) is 0 Å². The highest BCUT2D eigenvalue weighted by molar-refractivity contribution is 7.90. The molecule has 7 nitrogen and oxygen atoms in total. The van der Waals surface area contributed by atoms with Crippen molar-refractivity contribution >= 4 is 31.6 Å². The molecule has 0 fully saturated rings. The second-order valence-corrected chi connectivity index (χ2v) is 7.87. The molecule has 0 aromatic heterocycles. The molecule has 1 rings (SSSR count). The molecule has 0 aliphatic carbocycles. The van der Waals surface area contributed by atoms with E-state index < -0.39 is 25.8 Å². The van der Waals surface area contributed by atoms with Crippen LogP contribution < -0.4 is 9.44 Å². The Morgan fingerprint density at radius 1 is 1.30 bits per heavy atom. The molecule has 0 saturated carbocycles. The van der Waals surface area contributed by atoms with Crippen LogP contribution >= 0.6 is 11.6 Å². The molecule has 1 aromatic carbocycles. The van der Waals surface area contributed by atoms with Crippen molar-refractivity contribution in [2.45, 2.75) is 4.90 Å². The average Bonchev–Trinajstić information content (AvgIpc) is 2.38. The van der Waals surface area contributed by atoms with Gasteiger partial charge in [-0.3, -0.25) is 0 Å². The van der Waals surface area contributed by atoms with Crippen LogP contribution in [0.5, 0.6) is 0 Å². The third kappa shape index (κ3) is 4.43. The van der Waals surface area contributed by atoms with Crippen LogP contribution in [0.4, 0.5) is 0 Å². The van der Waals surface area contributed by atoms with Gasteiger partial charge < -0.3 is 0 Å². The van der Waals surface area contributed by atoms with E-state index >= 15 is 0 Å². The van der Waals surface area contributed by atoms with E-state index in [-0.39, 0.29) is 22.0 Å². The number of nitriles is 1. The molecule has 0 aliphatic rings. The summed E-state index contributed by atoms with van der Waals surface area (Å²) >= 11 is 5.77. The molecule has 20 heavy (non-hydrogen) atoms. The summed E-state index contributed by atoms with van der Waals surface area (Å²) in [7, 11) is -6.26. The van der Waals surface area contributed by atoms with Crippen LogP contribution in [0, 0.1) is 11.3 Å². The normalized spacial score (nSPS) is 12.1. The molecule has 10 heteroatoms. The Balaban J connectivity index is 2.93. The molecule has 0 bridgehead atoms. The van der Waals surface area contributed by atoms with Crippen molar-refractivity contribution in [1.82, 2.24) is 9.44 Å². The van der Waals surface area contributed by atoms with Crippen molar-refractivity contribution in [2.75, 3.05) is 19.3 Å². The Kier molecular flexibility index (Phi) is 5.50. The van der Waals surface area contributed by atoms with Crippen molar-refractivity contribution in [1.29, 1.82) is 5.26 Å². The van der Waals surface area contributed by atoms with Crippen LogP contribution in [0.25, 0.3) is 0 Å². The zero-order valence-electron chi connectivity index (χ0n) is 10.4. The fraction of sp³-hybridized carbons (Fsp3) is 0.300. The van der Waals surface area contributed by atoms with Gasteiger partial charge in [-0.1, -0.05) is 11.6 Å². The Morgan fingerprint density at radius 2 is 1.95 bits per heavy atom. The Labute approximate surface area is 122 Å². The third-order valence-electron chi connectivity index (χ3n) is 2.32. The summed E-state index contributed by atoms with van der Waals surface area (Å²) in [6, 6.07) is 5.59. The smallest absolute Gasteiger partial charge is 0.218 e. The number of nitrogens with one attached hydrogen (secondary N) is 2. The number of sulfonamides is 2. The largest absolute Gasteiger partial charge is 0.242 e. The van der Waals surface area contributed by atoms with Gasteiger partial charge in [-0.15, -0.1) is 0 Å². The molecule has 0 saturated heterocycles. The van der Waals surface area contributed by atoms with E-state index in [1.807, 2.05) is 0 Å². The lowest BCUT2D eigenvalue weighted by Gasteiger charge is -2.08. The first-order valence-corrected chi connectivity index (χ1v) is 8.84. The standard InChI is InChI=1S/C10H12ClN3O4S2/c1-13-19(15,16)5-4-14-20(17,18)10-6-8(7-12)2-3-9(10)11/h2-3,6,13-14H,4-5H2,1H3. The van der Waals surface area contributed by atoms with Gasteiger partial charge in [-0.2, -0.15) is 5.26 Å². The maximum Gasteiger partial charge on any atom is 0.242 e. The minimum atomic E-state index is -3.98. The van der Waals surface area contributed by atoms with Crippen LogP contribution in [-0.2, 0) is 20.0 Å². The third-order valence-corrected chi connectivity index (χ3v) is 5.63. The highest BCUT2D eigenvalue weighted by Gasteiger charge is 2.19. The van der Waals surface area contributed by atoms with Gasteiger partial charge in [-0.05, 0) is 25.2 Å². The second kappa shape index (κ2) is 6.51. The predicted octanol–water partition coefficient (Wildman–Crippen LogP) is 0.0392. The van der Waals surface area contributed by atoms with Gasteiger partial charge in [-0.25, -0.2) is 26.3 Å². The van der Waals surface area contributed by atoms with E-state index in [1.54, 1.807) is 6.07 Å². The highest BCUT2D eigenvalue weighted by atomic mass is 35.5. The lowest BCUT2D eigenvalue weighted by molar-refractivity contribution is 0.578. The summed E-state index contributed by atoms with van der Waals surface area (Å²) < 4.78 is 50.5. The molecule has 0 spiro atoms. The first-order chi connectivity index (χ1) is 9.22. The van der Waals surface area contributed by atoms with Crippen LogP contribution in [-0.4, -0.2) is 36.2 Å². The van der Waals surface area contributed by atoms with Crippen LogP contribution in [0.3, 0.4) is 0 Å². The zero-order chi connectivity index (χ0) is 15.4. The van der Waals surface area contributed by atoms with Crippen molar-refractivity contribution in [2.24, 2.45) is 0 Å². The topological polar surface area (TPSA) is 116 Å². The minimum absolute atomic E-state index is 0.0482. The molecule has 0 heterocycles. The summed E-state index contributed by atoms with van der Waals surface area (Å²) in [6.07, 6.45) is 0. The monoisotopic (exact) mass is 337 g/mol. The fourth-order valence-corrected chi connectivity index (χ4v) is 3.53. The van der Waals surface area contributed by atoms with Crippen molar-refractivity contribution in [3.8, 4) is 6.07 Å². The molecule has 1 aromatic rings. The Bertz CT molecular complexity index is 738. The lowest BCUT2D eigenvalue weighted by atomic mass is 10.2. The second-order valence-electron chi connectivity index (χ2n) is 3.68.